The van der Waals surface area contributed by atoms with Crippen molar-refractivity contribution in [1.29, 1.82) is 0 Å². The molecule has 7 heteroatoms. The van der Waals surface area contributed by atoms with Crippen molar-refractivity contribution in [2.24, 2.45) is 0 Å². The fraction of sp³-hybridized carbons (Fsp3) is 0.889. The van der Waals surface area contributed by atoms with E-state index in [9.17, 15) is 18.0 Å². The lowest BCUT2D eigenvalue weighted by molar-refractivity contribution is -0.230. The van der Waals surface area contributed by atoms with Crippen LogP contribution < -0.4 is 5.32 Å². The first kappa shape index (κ1) is 13.2. The lowest BCUT2D eigenvalue weighted by atomic mass is 10.1. The molecule has 1 saturated heterocycles. The van der Waals surface area contributed by atoms with Gasteiger partial charge in [-0.05, 0) is 13.5 Å². The first-order valence-electron chi connectivity index (χ1n) is 5.05. The van der Waals surface area contributed by atoms with Crippen LogP contribution in [0.5, 0.6) is 0 Å². The lowest BCUT2D eigenvalue weighted by Crippen LogP contribution is -2.62. The van der Waals surface area contributed by atoms with Crippen molar-refractivity contribution in [3.8, 4) is 0 Å². The van der Waals surface area contributed by atoms with Gasteiger partial charge in [-0.3, -0.25) is 4.90 Å². The Hall–Kier alpha value is -0.820. The Labute approximate surface area is 91.7 Å². The van der Waals surface area contributed by atoms with Crippen LogP contribution in [0, 0.1) is 0 Å². The molecule has 0 amide bonds. The lowest BCUT2D eigenvalue weighted by Gasteiger charge is -2.43. The molecular weight excluding hydrogens is 225 g/mol. The van der Waals surface area contributed by atoms with E-state index in [1.54, 1.807) is 4.90 Å². The summed E-state index contributed by atoms with van der Waals surface area (Å²) in [5.74, 6) is -2.14. The van der Waals surface area contributed by atoms with Crippen LogP contribution >= 0.6 is 0 Å². The van der Waals surface area contributed by atoms with Gasteiger partial charge in [0.1, 0.15) is 0 Å². The molecule has 1 rings (SSSR count). The zero-order valence-electron chi connectivity index (χ0n) is 9.23. The summed E-state index contributed by atoms with van der Waals surface area (Å²) in [6.45, 7) is 5.24. The summed E-state index contributed by atoms with van der Waals surface area (Å²) >= 11 is 0. The number of halogens is 3. The molecule has 16 heavy (non-hydrogen) atoms. The Morgan fingerprint density at radius 3 is 2.69 bits per heavy atom. The molecule has 1 aliphatic heterocycles. The van der Waals surface area contributed by atoms with Gasteiger partial charge < -0.3 is 10.1 Å². The summed E-state index contributed by atoms with van der Waals surface area (Å²) in [7, 11) is 0. The Kier molecular flexibility index (Phi) is 3.80. The molecule has 1 N–H and O–H groups in total. The van der Waals surface area contributed by atoms with E-state index in [1.807, 2.05) is 6.92 Å². The Morgan fingerprint density at radius 1 is 1.56 bits per heavy atom. The number of piperazine rings is 1. The number of likely N-dealkylation sites (N-methyl/N-ethyl adjacent to an activating group) is 1. The smallest absolute Gasteiger partial charge is 0.436 e. The third-order valence-corrected chi connectivity index (χ3v) is 2.61. The minimum Gasteiger partial charge on any atom is -0.436 e. The SMILES string of the molecule is CCN1CCNC[C@@]1(C)OC(=O)C(F)(F)F. The summed E-state index contributed by atoms with van der Waals surface area (Å²) in [4.78, 5) is 12.5. The normalized spacial score (nSPS) is 27.8. The average molecular weight is 240 g/mol. The fourth-order valence-electron chi connectivity index (χ4n) is 1.73. The van der Waals surface area contributed by atoms with Gasteiger partial charge in [-0.15, -0.1) is 0 Å². The van der Waals surface area contributed by atoms with Gasteiger partial charge in [-0.2, -0.15) is 13.2 Å². The Bertz CT molecular complexity index is 270. The molecular formula is C9H15F3N2O2. The molecule has 0 unspecified atom stereocenters. The minimum atomic E-state index is -4.94. The highest BCUT2D eigenvalue weighted by molar-refractivity contribution is 5.76. The van der Waals surface area contributed by atoms with E-state index in [4.69, 9.17) is 0 Å². The van der Waals surface area contributed by atoms with Crippen LogP contribution in [0.15, 0.2) is 0 Å². The predicted molar refractivity (Wildman–Crippen MR) is 50.7 cm³/mol. The van der Waals surface area contributed by atoms with Gasteiger partial charge >= 0.3 is 12.1 Å². The van der Waals surface area contributed by atoms with E-state index >= 15 is 0 Å². The molecule has 0 spiro atoms. The zero-order chi connectivity index (χ0) is 12.4. The minimum absolute atomic E-state index is 0.197. The molecule has 0 aromatic heterocycles. The number of carbonyl (C=O) groups is 1. The first-order chi connectivity index (χ1) is 7.29. The number of hydrogen-bond donors (Lipinski definition) is 1. The van der Waals surface area contributed by atoms with E-state index in [-0.39, 0.29) is 6.54 Å². The number of hydrogen-bond acceptors (Lipinski definition) is 4. The van der Waals surface area contributed by atoms with Gasteiger partial charge in [0.25, 0.3) is 0 Å². The number of rotatable bonds is 2. The number of alkyl halides is 3. The van der Waals surface area contributed by atoms with E-state index in [1.165, 1.54) is 6.92 Å². The number of esters is 1. The zero-order valence-corrected chi connectivity index (χ0v) is 9.23. The van der Waals surface area contributed by atoms with Crippen LogP contribution in [-0.2, 0) is 9.53 Å². The monoisotopic (exact) mass is 240 g/mol. The van der Waals surface area contributed by atoms with Crippen LogP contribution in [0.4, 0.5) is 13.2 Å². The van der Waals surface area contributed by atoms with Crippen molar-refractivity contribution in [3.63, 3.8) is 0 Å². The standard InChI is InChI=1S/C9H15F3N2O2/c1-3-14-5-4-13-6-8(14,2)16-7(15)9(10,11)12/h13H,3-6H2,1-2H3/t8-/m1/s1. The summed E-state index contributed by atoms with van der Waals surface area (Å²) in [5, 5.41) is 2.91. The topological polar surface area (TPSA) is 41.6 Å². The van der Waals surface area contributed by atoms with Crippen molar-refractivity contribution in [2.75, 3.05) is 26.2 Å². The predicted octanol–water partition coefficient (Wildman–Crippen LogP) is 0.733. The molecule has 0 bridgehead atoms. The third-order valence-electron chi connectivity index (χ3n) is 2.61. The fourth-order valence-corrected chi connectivity index (χ4v) is 1.73. The third kappa shape index (κ3) is 2.85. The van der Waals surface area contributed by atoms with Gasteiger partial charge in [0.15, 0.2) is 5.72 Å². The molecule has 1 heterocycles. The maximum atomic E-state index is 12.1. The number of ether oxygens (including phenoxy) is 1. The van der Waals surface area contributed by atoms with Crippen LogP contribution in [0.1, 0.15) is 13.8 Å². The van der Waals surface area contributed by atoms with E-state index < -0.39 is 17.9 Å². The number of carbonyl (C=O) groups excluding carboxylic acids is 1. The van der Waals surface area contributed by atoms with Gasteiger partial charge in [0.2, 0.25) is 0 Å². The Morgan fingerprint density at radius 2 is 2.19 bits per heavy atom. The maximum absolute atomic E-state index is 12.1. The van der Waals surface area contributed by atoms with Crippen LogP contribution in [0.3, 0.4) is 0 Å². The van der Waals surface area contributed by atoms with E-state index in [0.29, 0.717) is 19.6 Å². The molecule has 0 saturated carbocycles. The van der Waals surface area contributed by atoms with Crippen molar-refractivity contribution >= 4 is 5.97 Å². The summed E-state index contributed by atoms with van der Waals surface area (Å²) in [5.41, 5.74) is -1.22. The number of nitrogens with zero attached hydrogens (tertiary/aromatic N) is 1. The van der Waals surface area contributed by atoms with Gasteiger partial charge in [-0.25, -0.2) is 4.79 Å². The molecule has 0 aromatic rings. The molecule has 94 valence electrons. The number of nitrogens with one attached hydrogen (secondary N) is 1. The summed E-state index contributed by atoms with van der Waals surface area (Å²) in [6.07, 6.45) is -4.94. The molecule has 1 fully saturated rings. The van der Waals surface area contributed by atoms with Gasteiger partial charge in [0.05, 0.1) is 0 Å². The van der Waals surface area contributed by atoms with E-state index in [0.717, 1.165) is 0 Å². The van der Waals surface area contributed by atoms with Crippen molar-refractivity contribution in [1.82, 2.24) is 10.2 Å². The van der Waals surface area contributed by atoms with Crippen LogP contribution in [0.2, 0.25) is 0 Å². The highest BCUT2D eigenvalue weighted by atomic mass is 19.4. The Balaban J connectivity index is 2.72. The van der Waals surface area contributed by atoms with Crippen molar-refractivity contribution in [3.05, 3.63) is 0 Å². The molecule has 0 aliphatic carbocycles. The summed E-state index contributed by atoms with van der Waals surface area (Å²) < 4.78 is 40.8. The van der Waals surface area contributed by atoms with Gasteiger partial charge in [0, 0.05) is 19.6 Å². The highest BCUT2D eigenvalue weighted by Gasteiger charge is 2.47. The van der Waals surface area contributed by atoms with Gasteiger partial charge in [-0.1, -0.05) is 6.92 Å². The molecule has 4 nitrogen and oxygen atoms in total. The molecule has 0 aromatic carbocycles. The van der Waals surface area contributed by atoms with Crippen LogP contribution in [0.25, 0.3) is 0 Å². The van der Waals surface area contributed by atoms with Crippen molar-refractivity contribution < 1.29 is 22.7 Å². The molecule has 0 radical (unpaired) electrons. The van der Waals surface area contributed by atoms with E-state index in [2.05, 4.69) is 10.1 Å². The molecule has 1 atom stereocenters. The van der Waals surface area contributed by atoms with Crippen molar-refractivity contribution in [2.45, 2.75) is 25.7 Å². The first-order valence-corrected chi connectivity index (χ1v) is 5.05. The maximum Gasteiger partial charge on any atom is 0.490 e. The molecule has 1 aliphatic rings. The summed E-state index contributed by atoms with van der Waals surface area (Å²) in [6, 6.07) is 0. The van der Waals surface area contributed by atoms with Crippen LogP contribution in [-0.4, -0.2) is 48.9 Å². The highest BCUT2D eigenvalue weighted by Crippen LogP contribution is 2.24. The average Bonchev–Trinajstić information content (AvgIpc) is 2.16. The quantitative estimate of drug-likeness (QED) is 0.723. The second-order valence-corrected chi connectivity index (χ2v) is 3.82. The second-order valence-electron chi connectivity index (χ2n) is 3.82. The second kappa shape index (κ2) is 4.58. The largest absolute Gasteiger partial charge is 0.490 e.